The van der Waals surface area contributed by atoms with E-state index in [-0.39, 0.29) is 23.4 Å². The lowest BCUT2D eigenvalue weighted by Crippen LogP contribution is -2.51. The van der Waals surface area contributed by atoms with E-state index in [4.69, 9.17) is 0 Å². The lowest BCUT2D eigenvalue weighted by molar-refractivity contribution is -0.385. The number of aryl methyl sites for hydroxylation is 1. The summed E-state index contributed by atoms with van der Waals surface area (Å²) in [5, 5.41) is 11.0. The Morgan fingerprint density at radius 3 is 2.22 bits per heavy atom. The summed E-state index contributed by atoms with van der Waals surface area (Å²) in [5.74, 6) is -0.204. The number of rotatable bonds is 3. The molecule has 1 saturated heterocycles. The van der Waals surface area contributed by atoms with Crippen LogP contribution in [-0.2, 0) is 4.79 Å². The molecule has 1 aliphatic rings. The first-order valence-corrected chi connectivity index (χ1v) is 7.64. The number of carbonyl (C=O) groups is 2. The van der Waals surface area contributed by atoms with E-state index in [1.54, 1.807) is 28.9 Å². The van der Waals surface area contributed by atoms with E-state index in [1.165, 1.54) is 6.07 Å². The van der Waals surface area contributed by atoms with Crippen LogP contribution in [0, 0.1) is 23.0 Å². The fourth-order valence-electron chi connectivity index (χ4n) is 2.62. The number of hydrogen-bond donors (Lipinski definition) is 0. The average molecular weight is 319 g/mol. The molecule has 0 aromatic heterocycles. The van der Waals surface area contributed by atoms with Gasteiger partial charge in [0.05, 0.1) is 4.92 Å². The minimum atomic E-state index is -0.481. The second-order valence-corrected chi connectivity index (χ2v) is 6.03. The summed E-state index contributed by atoms with van der Waals surface area (Å²) in [6.45, 7) is 7.23. The van der Waals surface area contributed by atoms with E-state index < -0.39 is 4.92 Å². The van der Waals surface area contributed by atoms with Crippen LogP contribution >= 0.6 is 0 Å². The maximum atomic E-state index is 12.5. The number of piperazine rings is 1. The quantitative estimate of drug-likeness (QED) is 0.628. The molecule has 124 valence electrons. The zero-order chi connectivity index (χ0) is 17.1. The molecule has 2 rings (SSSR count). The summed E-state index contributed by atoms with van der Waals surface area (Å²) in [4.78, 5) is 38.3. The Hall–Kier alpha value is -2.44. The number of amides is 2. The Kier molecular flexibility index (Phi) is 4.98. The van der Waals surface area contributed by atoms with Crippen LogP contribution in [0.15, 0.2) is 18.2 Å². The zero-order valence-electron chi connectivity index (χ0n) is 13.6. The molecule has 0 N–H and O–H groups in total. The van der Waals surface area contributed by atoms with E-state index in [0.29, 0.717) is 37.3 Å². The van der Waals surface area contributed by atoms with Gasteiger partial charge in [0.25, 0.3) is 11.6 Å². The molecular formula is C16H21N3O4. The second kappa shape index (κ2) is 6.76. The Labute approximate surface area is 135 Å². The van der Waals surface area contributed by atoms with Crippen LogP contribution < -0.4 is 0 Å². The van der Waals surface area contributed by atoms with Crippen molar-refractivity contribution in [2.24, 2.45) is 5.92 Å². The van der Waals surface area contributed by atoms with E-state index in [2.05, 4.69) is 0 Å². The second-order valence-electron chi connectivity index (χ2n) is 6.03. The van der Waals surface area contributed by atoms with Gasteiger partial charge in [0, 0.05) is 49.3 Å². The molecular weight excluding hydrogens is 298 g/mol. The lowest BCUT2D eigenvalue weighted by Gasteiger charge is -2.35. The van der Waals surface area contributed by atoms with Crippen LogP contribution in [-0.4, -0.2) is 52.7 Å². The fraction of sp³-hybridized carbons (Fsp3) is 0.500. The maximum Gasteiger partial charge on any atom is 0.273 e. The highest BCUT2D eigenvalue weighted by molar-refractivity contribution is 5.95. The van der Waals surface area contributed by atoms with Gasteiger partial charge in [-0.2, -0.15) is 0 Å². The largest absolute Gasteiger partial charge is 0.339 e. The van der Waals surface area contributed by atoms with E-state index in [0.717, 1.165) is 0 Å². The molecule has 0 aliphatic carbocycles. The topological polar surface area (TPSA) is 83.8 Å². The number of nitro benzene ring substituents is 1. The van der Waals surface area contributed by atoms with E-state index in [9.17, 15) is 19.7 Å². The first-order valence-electron chi connectivity index (χ1n) is 7.64. The van der Waals surface area contributed by atoms with Gasteiger partial charge in [-0.15, -0.1) is 0 Å². The van der Waals surface area contributed by atoms with Crippen molar-refractivity contribution in [3.05, 3.63) is 39.4 Å². The molecule has 0 spiro atoms. The van der Waals surface area contributed by atoms with Crippen LogP contribution in [0.1, 0.15) is 29.8 Å². The van der Waals surface area contributed by atoms with Crippen LogP contribution in [0.25, 0.3) is 0 Å². The summed E-state index contributed by atoms with van der Waals surface area (Å²) in [7, 11) is 0. The zero-order valence-corrected chi connectivity index (χ0v) is 13.6. The van der Waals surface area contributed by atoms with Gasteiger partial charge in [-0.1, -0.05) is 19.9 Å². The predicted octanol–water partition coefficient (Wildman–Crippen LogP) is 1.84. The molecule has 0 radical (unpaired) electrons. The van der Waals surface area contributed by atoms with Gasteiger partial charge in [-0.05, 0) is 13.0 Å². The Morgan fingerprint density at radius 1 is 1.13 bits per heavy atom. The average Bonchev–Trinajstić information content (AvgIpc) is 2.53. The third-order valence-electron chi connectivity index (χ3n) is 4.03. The summed E-state index contributed by atoms with van der Waals surface area (Å²) in [6.07, 6.45) is 0. The van der Waals surface area contributed by atoms with Crippen molar-refractivity contribution in [2.45, 2.75) is 20.8 Å². The van der Waals surface area contributed by atoms with Crippen molar-refractivity contribution >= 4 is 17.5 Å². The first-order chi connectivity index (χ1) is 10.8. The molecule has 0 unspecified atom stereocenters. The molecule has 0 atom stereocenters. The number of nitrogens with zero attached hydrogens (tertiary/aromatic N) is 3. The molecule has 7 heteroatoms. The van der Waals surface area contributed by atoms with Crippen LogP contribution in [0.3, 0.4) is 0 Å². The highest BCUT2D eigenvalue weighted by Crippen LogP contribution is 2.21. The third-order valence-corrected chi connectivity index (χ3v) is 4.03. The molecule has 0 saturated carbocycles. The molecule has 1 aromatic rings. The van der Waals surface area contributed by atoms with Gasteiger partial charge >= 0.3 is 0 Å². The minimum absolute atomic E-state index is 0.0514. The minimum Gasteiger partial charge on any atom is -0.339 e. The summed E-state index contributed by atoms with van der Waals surface area (Å²) in [5.41, 5.74) is 0.786. The number of carbonyl (C=O) groups excluding carboxylic acids is 2. The monoisotopic (exact) mass is 319 g/mol. The van der Waals surface area contributed by atoms with Gasteiger partial charge in [-0.25, -0.2) is 0 Å². The first kappa shape index (κ1) is 16.9. The molecule has 1 aliphatic heterocycles. The third kappa shape index (κ3) is 3.67. The van der Waals surface area contributed by atoms with Crippen molar-refractivity contribution in [3.8, 4) is 0 Å². The highest BCUT2D eigenvalue weighted by atomic mass is 16.6. The van der Waals surface area contributed by atoms with Gasteiger partial charge in [0.15, 0.2) is 0 Å². The Balaban J connectivity index is 2.07. The van der Waals surface area contributed by atoms with Crippen molar-refractivity contribution < 1.29 is 14.5 Å². The van der Waals surface area contributed by atoms with Crippen LogP contribution in [0.2, 0.25) is 0 Å². The molecule has 7 nitrogen and oxygen atoms in total. The Bertz CT molecular complexity index is 634. The predicted molar refractivity (Wildman–Crippen MR) is 85.2 cm³/mol. The summed E-state index contributed by atoms with van der Waals surface area (Å²) in [6, 6.07) is 4.52. The lowest BCUT2D eigenvalue weighted by atomic mass is 10.1. The van der Waals surface area contributed by atoms with Gasteiger partial charge in [-0.3, -0.25) is 19.7 Å². The van der Waals surface area contributed by atoms with Crippen LogP contribution in [0.4, 0.5) is 5.69 Å². The molecule has 1 heterocycles. The van der Waals surface area contributed by atoms with Gasteiger partial charge < -0.3 is 9.80 Å². The van der Waals surface area contributed by atoms with Crippen molar-refractivity contribution in [2.75, 3.05) is 26.2 Å². The van der Waals surface area contributed by atoms with Crippen molar-refractivity contribution in [1.82, 2.24) is 9.80 Å². The molecule has 1 fully saturated rings. The van der Waals surface area contributed by atoms with Gasteiger partial charge in [0.1, 0.15) is 0 Å². The van der Waals surface area contributed by atoms with Gasteiger partial charge in [0.2, 0.25) is 5.91 Å². The SMILES string of the molecule is Cc1ccc(C(=O)N2CCN(C(=O)C(C)C)CC2)cc1[N+](=O)[O-]. The number of benzene rings is 1. The van der Waals surface area contributed by atoms with Crippen LogP contribution in [0.5, 0.6) is 0 Å². The van der Waals surface area contributed by atoms with Crippen molar-refractivity contribution in [3.63, 3.8) is 0 Å². The maximum absolute atomic E-state index is 12.5. The number of hydrogen-bond acceptors (Lipinski definition) is 4. The molecule has 0 bridgehead atoms. The highest BCUT2D eigenvalue weighted by Gasteiger charge is 2.26. The molecule has 2 amide bonds. The fourth-order valence-corrected chi connectivity index (χ4v) is 2.62. The molecule has 23 heavy (non-hydrogen) atoms. The van der Waals surface area contributed by atoms with E-state index in [1.807, 2.05) is 13.8 Å². The standard InChI is InChI=1S/C16H21N3O4/c1-11(2)15(20)17-6-8-18(9-7-17)16(21)13-5-4-12(3)14(10-13)19(22)23/h4-5,10-11H,6-9H2,1-3H3. The molecule has 1 aromatic carbocycles. The smallest absolute Gasteiger partial charge is 0.273 e. The van der Waals surface area contributed by atoms with Crippen molar-refractivity contribution in [1.29, 1.82) is 0 Å². The Morgan fingerprint density at radius 2 is 1.70 bits per heavy atom. The summed E-state index contributed by atoms with van der Waals surface area (Å²) >= 11 is 0. The van der Waals surface area contributed by atoms with E-state index >= 15 is 0 Å². The summed E-state index contributed by atoms with van der Waals surface area (Å²) < 4.78 is 0. The normalized spacial score (nSPS) is 15.0. The number of nitro groups is 1.